The van der Waals surface area contributed by atoms with Gasteiger partial charge in [0.15, 0.2) is 6.29 Å². The van der Waals surface area contributed by atoms with Crippen LogP contribution in [0.4, 0.5) is 0 Å². The quantitative estimate of drug-likeness (QED) is 0.229. The van der Waals surface area contributed by atoms with Gasteiger partial charge in [-0.25, -0.2) is 0 Å². The van der Waals surface area contributed by atoms with E-state index in [9.17, 15) is 4.79 Å². The molecule has 0 fully saturated rings. The summed E-state index contributed by atoms with van der Waals surface area (Å²) in [6.45, 7) is 2.93. The monoisotopic (exact) mass is 360 g/mol. The molecular weight excluding hydrogens is 320 g/mol. The summed E-state index contributed by atoms with van der Waals surface area (Å²) >= 11 is 0. The number of unbranched alkanes of at least 4 members (excludes halogenated alkanes) is 12. The predicted molar refractivity (Wildman–Crippen MR) is 101 cm³/mol. The van der Waals surface area contributed by atoms with Crippen LogP contribution in [0.15, 0.2) is 0 Å². The van der Waals surface area contributed by atoms with Crippen molar-refractivity contribution in [2.45, 2.75) is 103 Å². The van der Waals surface area contributed by atoms with E-state index in [4.69, 9.17) is 19.3 Å². The van der Waals surface area contributed by atoms with Crippen molar-refractivity contribution in [3.05, 3.63) is 0 Å². The molecule has 1 N–H and O–H groups in total. The zero-order valence-corrected chi connectivity index (χ0v) is 16.5. The number of ether oxygens (including phenoxy) is 3. The van der Waals surface area contributed by atoms with Crippen LogP contribution in [0.2, 0.25) is 0 Å². The summed E-state index contributed by atoms with van der Waals surface area (Å²) in [6.07, 6.45) is 16.1. The molecule has 1 atom stereocenters. The molecule has 25 heavy (non-hydrogen) atoms. The Morgan fingerprint density at radius 3 is 1.68 bits per heavy atom. The first-order valence-corrected chi connectivity index (χ1v) is 10.1. The van der Waals surface area contributed by atoms with Gasteiger partial charge in [-0.2, -0.15) is 0 Å². The largest absolute Gasteiger partial charge is 0.481 e. The Bertz CT molecular complexity index is 283. The van der Waals surface area contributed by atoms with E-state index in [2.05, 4.69) is 0 Å². The zero-order valence-electron chi connectivity index (χ0n) is 16.5. The van der Waals surface area contributed by atoms with Crippen LogP contribution < -0.4 is 0 Å². The molecule has 0 amide bonds. The SMILES string of the molecule is COC(C)OCOCCCCCCCCCCCCCCCC(=O)O. The molecule has 0 aliphatic rings. The highest BCUT2D eigenvalue weighted by Gasteiger charge is 1.98. The van der Waals surface area contributed by atoms with Crippen molar-refractivity contribution in [2.24, 2.45) is 0 Å². The van der Waals surface area contributed by atoms with Gasteiger partial charge in [-0.05, 0) is 19.8 Å². The molecule has 150 valence electrons. The lowest BCUT2D eigenvalue weighted by molar-refractivity contribution is -0.174. The van der Waals surface area contributed by atoms with E-state index in [1.165, 1.54) is 64.2 Å². The average Bonchev–Trinajstić information content (AvgIpc) is 2.60. The molecule has 0 heterocycles. The van der Waals surface area contributed by atoms with Gasteiger partial charge in [0.25, 0.3) is 0 Å². The van der Waals surface area contributed by atoms with Gasteiger partial charge in [-0.3, -0.25) is 4.79 Å². The summed E-state index contributed by atoms with van der Waals surface area (Å²) in [5.74, 6) is -0.668. The molecule has 0 aromatic rings. The second-order valence-electron chi connectivity index (χ2n) is 6.74. The highest BCUT2D eigenvalue weighted by molar-refractivity contribution is 5.66. The number of carboxylic acids is 1. The molecule has 0 rings (SSSR count). The fraction of sp³-hybridized carbons (Fsp3) is 0.950. The van der Waals surface area contributed by atoms with E-state index >= 15 is 0 Å². The van der Waals surface area contributed by atoms with Crippen molar-refractivity contribution in [1.82, 2.24) is 0 Å². The fourth-order valence-corrected chi connectivity index (χ4v) is 2.70. The Morgan fingerprint density at radius 2 is 1.24 bits per heavy atom. The second kappa shape index (κ2) is 19.7. The molecule has 0 bridgehead atoms. The Hall–Kier alpha value is -0.650. The third kappa shape index (κ3) is 21.3. The fourth-order valence-electron chi connectivity index (χ4n) is 2.70. The van der Waals surface area contributed by atoms with E-state index in [-0.39, 0.29) is 6.29 Å². The molecule has 5 nitrogen and oxygen atoms in total. The Balaban J connectivity index is 3.02. The summed E-state index contributed by atoms with van der Waals surface area (Å²) in [7, 11) is 1.62. The molecule has 0 aromatic carbocycles. The minimum atomic E-state index is -0.668. The molecule has 0 spiro atoms. The van der Waals surface area contributed by atoms with Gasteiger partial charge in [0.05, 0.1) is 0 Å². The first-order valence-electron chi connectivity index (χ1n) is 10.1. The normalized spacial score (nSPS) is 12.4. The van der Waals surface area contributed by atoms with Crippen molar-refractivity contribution in [1.29, 1.82) is 0 Å². The first-order chi connectivity index (χ1) is 12.2. The maximum absolute atomic E-state index is 10.4. The minimum absolute atomic E-state index is 0.197. The Labute approximate surface area is 154 Å². The molecule has 0 aliphatic carbocycles. The molecule has 5 heteroatoms. The molecule has 0 radical (unpaired) electrons. The van der Waals surface area contributed by atoms with Crippen LogP contribution in [0.1, 0.15) is 96.8 Å². The third-order valence-electron chi connectivity index (χ3n) is 4.40. The van der Waals surface area contributed by atoms with Gasteiger partial charge < -0.3 is 19.3 Å². The number of hydrogen-bond donors (Lipinski definition) is 1. The summed E-state index contributed by atoms with van der Waals surface area (Å²) in [5, 5.41) is 8.55. The molecule has 0 aliphatic heterocycles. The molecule has 0 saturated heterocycles. The molecule has 0 aromatic heterocycles. The van der Waals surface area contributed by atoms with Gasteiger partial charge in [-0.1, -0.05) is 70.6 Å². The maximum atomic E-state index is 10.4. The average molecular weight is 361 g/mol. The van der Waals surface area contributed by atoms with Crippen molar-refractivity contribution >= 4 is 5.97 Å². The van der Waals surface area contributed by atoms with Gasteiger partial charge in [-0.15, -0.1) is 0 Å². The van der Waals surface area contributed by atoms with E-state index in [0.29, 0.717) is 13.2 Å². The van der Waals surface area contributed by atoms with Gasteiger partial charge >= 0.3 is 5.97 Å². The summed E-state index contributed by atoms with van der Waals surface area (Å²) in [6, 6.07) is 0. The van der Waals surface area contributed by atoms with E-state index in [0.717, 1.165) is 25.9 Å². The van der Waals surface area contributed by atoms with Gasteiger partial charge in [0.2, 0.25) is 0 Å². The van der Waals surface area contributed by atoms with Crippen molar-refractivity contribution < 1.29 is 24.1 Å². The maximum Gasteiger partial charge on any atom is 0.303 e. The number of carbonyl (C=O) groups is 1. The van der Waals surface area contributed by atoms with Crippen LogP contribution in [0.3, 0.4) is 0 Å². The summed E-state index contributed by atoms with van der Waals surface area (Å²) in [4.78, 5) is 10.4. The number of hydrogen-bond acceptors (Lipinski definition) is 4. The Morgan fingerprint density at radius 1 is 0.800 bits per heavy atom. The topological polar surface area (TPSA) is 65.0 Å². The minimum Gasteiger partial charge on any atom is -0.481 e. The zero-order chi connectivity index (χ0) is 18.6. The number of rotatable bonds is 20. The Kier molecular flexibility index (Phi) is 19.2. The lowest BCUT2D eigenvalue weighted by Gasteiger charge is -2.10. The number of carboxylic acid groups (broad SMARTS) is 1. The van der Waals surface area contributed by atoms with Crippen molar-refractivity contribution in [3.8, 4) is 0 Å². The summed E-state index contributed by atoms with van der Waals surface area (Å²) in [5.41, 5.74) is 0. The van der Waals surface area contributed by atoms with Crippen molar-refractivity contribution in [3.63, 3.8) is 0 Å². The standard InChI is InChI=1S/C20H40O5/c1-19(23-2)25-18-24-17-15-13-11-9-7-5-3-4-6-8-10-12-14-16-20(21)22/h19H,3-18H2,1-2H3,(H,21,22). The van der Waals surface area contributed by atoms with Crippen LogP contribution in [0.5, 0.6) is 0 Å². The molecule has 0 saturated carbocycles. The van der Waals surface area contributed by atoms with Crippen molar-refractivity contribution in [2.75, 3.05) is 20.5 Å². The lowest BCUT2D eigenvalue weighted by Crippen LogP contribution is -2.13. The smallest absolute Gasteiger partial charge is 0.303 e. The van der Waals surface area contributed by atoms with Gasteiger partial charge in [0.1, 0.15) is 6.79 Å². The van der Waals surface area contributed by atoms with Crippen LogP contribution in [0.25, 0.3) is 0 Å². The highest BCUT2D eigenvalue weighted by atomic mass is 16.7. The molecular formula is C20H40O5. The predicted octanol–water partition coefficient (Wildman–Crippen LogP) is 5.52. The second-order valence-corrected chi connectivity index (χ2v) is 6.74. The van der Waals surface area contributed by atoms with Crippen LogP contribution >= 0.6 is 0 Å². The lowest BCUT2D eigenvalue weighted by atomic mass is 10.0. The first kappa shape index (κ1) is 24.4. The van der Waals surface area contributed by atoms with Crippen LogP contribution in [-0.4, -0.2) is 37.9 Å². The van der Waals surface area contributed by atoms with Crippen LogP contribution in [-0.2, 0) is 19.0 Å². The number of methoxy groups -OCH3 is 1. The van der Waals surface area contributed by atoms with Gasteiger partial charge in [0, 0.05) is 20.1 Å². The van der Waals surface area contributed by atoms with Crippen LogP contribution in [0, 0.1) is 0 Å². The van der Waals surface area contributed by atoms with E-state index in [1.807, 2.05) is 6.92 Å². The number of aliphatic carboxylic acids is 1. The highest BCUT2D eigenvalue weighted by Crippen LogP contribution is 2.13. The molecule has 1 unspecified atom stereocenters. The summed E-state index contributed by atoms with van der Waals surface area (Å²) < 4.78 is 15.6. The van der Waals surface area contributed by atoms with E-state index in [1.54, 1.807) is 7.11 Å². The third-order valence-corrected chi connectivity index (χ3v) is 4.40. The van der Waals surface area contributed by atoms with E-state index < -0.39 is 5.97 Å².